The molecule has 1 amide bonds. The lowest BCUT2D eigenvalue weighted by Gasteiger charge is -2.22. The molecule has 2 N–H and O–H groups in total. The summed E-state index contributed by atoms with van der Waals surface area (Å²) in [6.45, 7) is 8.48. The Morgan fingerprint density at radius 3 is 2.48 bits per heavy atom. The summed E-state index contributed by atoms with van der Waals surface area (Å²) in [5.74, 6) is 0.107. The van der Waals surface area contributed by atoms with Crippen molar-refractivity contribution in [2.75, 3.05) is 11.9 Å². The van der Waals surface area contributed by atoms with Gasteiger partial charge in [-0.15, -0.1) is 0 Å². The highest BCUT2D eigenvalue weighted by molar-refractivity contribution is 5.95. The lowest BCUT2D eigenvalue weighted by molar-refractivity contribution is -0.384. The van der Waals surface area contributed by atoms with E-state index in [2.05, 4.69) is 24.5 Å². The van der Waals surface area contributed by atoms with E-state index in [0.717, 1.165) is 6.42 Å². The van der Waals surface area contributed by atoms with Crippen molar-refractivity contribution in [3.05, 3.63) is 33.9 Å². The molecule has 1 atom stereocenters. The van der Waals surface area contributed by atoms with Crippen molar-refractivity contribution < 1.29 is 9.72 Å². The van der Waals surface area contributed by atoms with Gasteiger partial charge in [0.15, 0.2) is 0 Å². The van der Waals surface area contributed by atoms with Gasteiger partial charge < -0.3 is 10.6 Å². The summed E-state index contributed by atoms with van der Waals surface area (Å²) in [5, 5.41) is 17.0. The monoisotopic (exact) mass is 293 g/mol. The zero-order valence-corrected chi connectivity index (χ0v) is 13.0. The summed E-state index contributed by atoms with van der Waals surface area (Å²) >= 11 is 0. The first kappa shape index (κ1) is 16.9. The molecule has 0 saturated carbocycles. The zero-order chi connectivity index (χ0) is 16.0. The minimum atomic E-state index is -0.434. The van der Waals surface area contributed by atoms with E-state index in [1.54, 1.807) is 6.07 Å². The van der Waals surface area contributed by atoms with E-state index in [0.29, 0.717) is 23.7 Å². The molecular weight excluding hydrogens is 270 g/mol. The molecule has 116 valence electrons. The summed E-state index contributed by atoms with van der Waals surface area (Å²) in [4.78, 5) is 22.6. The maximum Gasteiger partial charge on any atom is 0.292 e. The second-order valence-electron chi connectivity index (χ2n) is 5.25. The Morgan fingerprint density at radius 1 is 1.33 bits per heavy atom. The molecule has 0 bridgehead atoms. The number of rotatable bonds is 7. The van der Waals surface area contributed by atoms with Crippen LogP contribution in [0.2, 0.25) is 0 Å². The molecular formula is C15H23N3O3. The predicted octanol–water partition coefficient (Wildman–Crippen LogP) is 3.19. The van der Waals surface area contributed by atoms with Crippen LogP contribution in [0, 0.1) is 16.0 Å². The second-order valence-corrected chi connectivity index (χ2v) is 5.25. The predicted molar refractivity (Wildman–Crippen MR) is 83.6 cm³/mol. The lowest BCUT2D eigenvalue weighted by atomic mass is 10.0. The molecule has 1 aromatic carbocycles. The van der Waals surface area contributed by atoms with E-state index >= 15 is 0 Å². The quantitative estimate of drug-likeness (QED) is 0.597. The van der Waals surface area contributed by atoms with E-state index in [1.807, 2.05) is 13.8 Å². The van der Waals surface area contributed by atoms with E-state index in [9.17, 15) is 14.9 Å². The zero-order valence-electron chi connectivity index (χ0n) is 13.0. The average molecular weight is 293 g/mol. The first-order chi connectivity index (χ1) is 9.90. The molecule has 0 aliphatic carbocycles. The normalized spacial score (nSPS) is 12.0. The molecule has 1 unspecified atom stereocenters. The molecule has 0 saturated heterocycles. The van der Waals surface area contributed by atoms with E-state index in [4.69, 9.17) is 0 Å². The highest BCUT2D eigenvalue weighted by Gasteiger charge is 2.20. The van der Waals surface area contributed by atoms with Crippen molar-refractivity contribution in [2.24, 2.45) is 5.92 Å². The fraction of sp³-hybridized carbons (Fsp3) is 0.533. The number of nitro groups is 1. The largest absolute Gasteiger partial charge is 0.376 e. The smallest absolute Gasteiger partial charge is 0.292 e. The molecule has 0 aliphatic rings. The number of carbonyl (C=O) groups is 1. The summed E-state index contributed by atoms with van der Waals surface area (Å²) < 4.78 is 0. The molecule has 6 nitrogen and oxygen atoms in total. The van der Waals surface area contributed by atoms with Gasteiger partial charge in [0.25, 0.3) is 11.6 Å². The van der Waals surface area contributed by atoms with Crippen LogP contribution in [0.4, 0.5) is 11.4 Å². The number of hydrogen-bond donors (Lipinski definition) is 2. The molecule has 0 aliphatic heterocycles. The SMILES string of the molecule is CCNC(=O)c1ccc([N+](=O)[O-])c(NC(CC)C(C)C)c1. The van der Waals surface area contributed by atoms with Crippen LogP contribution < -0.4 is 10.6 Å². The van der Waals surface area contributed by atoms with Crippen molar-refractivity contribution in [1.82, 2.24) is 5.32 Å². The third-order valence-electron chi connectivity index (χ3n) is 3.38. The summed E-state index contributed by atoms with van der Waals surface area (Å²) in [5.41, 5.74) is 0.801. The molecule has 21 heavy (non-hydrogen) atoms. The minimum absolute atomic E-state index is 0.0119. The van der Waals surface area contributed by atoms with E-state index in [1.165, 1.54) is 12.1 Å². The summed E-state index contributed by atoms with van der Waals surface area (Å²) in [6, 6.07) is 4.52. The van der Waals surface area contributed by atoms with E-state index in [-0.39, 0.29) is 17.6 Å². The average Bonchev–Trinajstić information content (AvgIpc) is 2.44. The van der Waals surface area contributed by atoms with Crippen LogP contribution >= 0.6 is 0 Å². The van der Waals surface area contributed by atoms with Gasteiger partial charge in [-0.2, -0.15) is 0 Å². The van der Waals surface area contributed by atoms with Crippen LogP contribution in [-0.2, 0) is 0 Å². The van der Waals surface area contributed by atoms with Crippen molar-refractivity contribution in [3.8, 4) is 0 Å². The van der Waals surface area contributed by atoms with Crippen molar-refractivity contribution in [3.63, 3.8) is 0 Å². The number of nitrogens with zero attached hydrogens (tertiary/aromatic N) is 1. The van der Waals surface area contributed by atoms with Gasteiger partial charge in [-0.3, -0.25) is 14.9 Å². The minimum Gasteiger partial charge on any atom is -0.376 e. The fourth-order valence-electron chi connectivity index (χ4n) is 2.15. The maximum atomic E-state index is 11.9. The van der Waals surface area contributed by atoms with Crippen LogP contribution in [0.5, 0.6) is 0 Å². The number of anilines is 1. The molecule has 0 heterocycles. The standard InChI is InChI=1S/C15H23N3O3/c1-5-12(10(3)4)17-13-9-11(15(19)16-6-2)7-8-14(13)18(20)21/h7-10,12,17H,5-6H2,1-4H3,(H,16,19). The van der Waals surface area contributed by atoms with Crippen molar-refractivity contribution in [2.45, 2.75) is 40.2 Å². The van der Waals surface area contributed by atoms with Gasteiger partial charge in [-0.05, 0) is 31.4 Å². The van der Waals surface area contributed by atoms with Gasteiger partial charge in [0.1, 0.15) is 5.69 Å². The van der Waals surface area contributed by atoms with E-state index < -0.39 is 4.92 Å². The number of carbonyl (C=O) groups excluding carboxylic acids is 1. The number of benzene rings is 1. The van der Waals surface area contributed by atoms with Crippen molar-refractivity contribution in [1.29, 1.82) is 0 Å². The first-order valence-electron chi connectivity index (χ1n) is 7.23. The van der Waals surface area contributed by atoms with Crippen molar-refractivity contribution >= 4 is 17.3 Å². The van der Waals surface area contributed by atoms with Gasteiger partial charge >= 0.3 is 0 Å². The molecule has 1 rings (SSSR count). The third-order valence-corrected chi connectivity index (χ3v) is 3.38. The lowest BCUT2D eigenvalue weighted by Crippen LogP contribution is -2.26. The van der Waals surface area contributed by atoms with Gasteiger partial charge in [0.05, 0.1) is 4.92 Å². The van der Waals surface area contributed by atoms with Crippen LogP contribution in [0.1, 0.15) is 44.5 Å². The van der Waals surface area contributed by atoms with Gasteiger partial charge in [0.2, 0.25) is 0 Å². The summed E-state index contributed by atoms with van der Waals surface area (Å²) in [7, 11) is 0. The first-order valence-corrected chi connectivity index (χ1v) is 7.23. The Labute approximate surface area is 125 Å². The number of nitro benzene ring substituents is 1. The Balaban J connectivity index is 3.15. The fourth-order valence-corrected chi connectivity index (χ4v) is 2.15. The topological polar surface area (TPSA) is 84.3 Å². The van der Waals surface area contributed by atoms with Gasteiger partial charge in [-0.1, -0.05) is 20.8 Å². The maximum absolute atomic E-state index is 11.9. The number of nitrogens with one attached hydrogen (secondary N) is 2. The Hall–Kier alpha value is -2.11. The Bertz CT molecular complexity index is 515. The molecule has 0 fully saturated rings. The highest BCUT2D eigenvalue weighted by Crippen LogP contribution is 2.27. The van der Waals surface area contributed by atoms with Crippen LogP contribution in [0.15, 0.2) is 18.2 Å². The molecule has 0 aromatic heterocycles. The van der Waals surface area contributed by atoms with Crippen LogP contribution in [-0.4, -0.2) is 23.4 Å². The number of amides is 1. The van der Waals surface area contributed by atoms with Gasteiger partial charge in [-0.25, -0.2) is 0 Å². The molecule has 0 radical (unpaired) electrons. The Morgan fingerprint density at radius 2 is 2.00 bits per heavy atom. The Kier molecular flexibility index (Phi) is 6.14. The number of hydrogen-bond acceptors (Lipinski definition) is 4. The summed E-state index contributed by atoms with van der Waals surface area (Å²) in [6.07, 6.45) is 0.847. The molecule has 0 spiro atoms. The highest BCUT2D eigenvalue weighted by atomic mass is 16.6. The van der Waals surface area contributed by atoms with Gasteiger partial charge in [0, 0.05) is 24.2 Å². The second kappa shape index (κ2) is 7.61. The molecule has 1 aromatic rings. The third kappa shape index (κ3) is 4.44. The molecule has 6 heteroatoms. The van der Waals surface area contributed by atoms with Crippen LogP contribution in [0.3, 0.4) is 0 Å². The van der Waals surface area contributed by atoms with Crippen LogP contribution in [0.25, 0.3) is 0 Å².